The molecule has 66 heavy (non-hydrogen) atoms. The van der Waals surface area contributed by atoms with Crippen LogP contribution in [0.3, 0.4) is 0 Å². The molecule has 1 aliphatic heterocycles. The maximum atomic E-state index is 13.3. The lowest BCUT2D eigenvalue weighted by molar-refractivity contribution is -0.328. The van der Waals surface area contributed by atoms with Crippen molar-refractivity contribution in [3.8, 4) is 5.75 Å². The van der Waals surface area contributed by atoms with Crippen molar-refractivity contribution >= 4 is 6.09 Å². The highest BCUT2D eigenvalue weighted by Gasteiger charge is 2.49. The quantitative estimate of drug-likeness (QED) is 0.0493. The molecule has 7 rings (SSSR count). The number of hydrogen-bond acceptors (Lipinski definition) is 9. The van der Waals surface area contributed by atoms with Gasteiger partial charge in [0.25, 0.3) is 0 Å². The Balaban J connectivity index is 1.03. The zero-order chi connectivity index (χ0) is 45.4. The van der Waals surface area contributed by atoms with E-state index in [-0.39, 0.29) is 19.3 Å². The Hall–Kier alpha value is -5.85. The largest absolute Gasteiger partial charge is 0.497 e. The van der Waals surface area contributed by atoms with Crippen molar-refractivity contribution in [2.45, 2.75) is 96.0 Å². The first-order chi connectivity index (χ1) is 32.6. The van der Waals surface area contributed by atoms with Gasteiger partial charge in [0.2, 0.25) is 0 Å². The summed E-state index contributed by atoms with van der Waals surface area (Å²) in [4.78, 5) is 15.1. The van der Waals surface area contributed by atoms with Crippen molar-refractivity contribution in [2.24, 2.45) is 0 Å². The molecule has 5 atom stereocenters. The molecule has 1 fully saturated rings. The van der Waals surface area contributed by atoms with Crippen LogP contribution in [0.5, 0.6) is 5.75 Å². The molecular weight excluding hydrogens is 831 g/mol. The van der Waals surface area contributed by atoms with Crippen LogP contribution in [0.4, 0.5) is 4.79 Å². The molecule has 10 nitrogen and oxygen atoms in total. The van der Waals surface area contributed by atoms with E-state index in [9.17, 15) is 4.79 Å². The number of nitrogens with zero attached hydrogens (tertiary/aromatic N) is 1. The topological polar surface area (TPSA) is 94.2 Å². The molecule has 1 aliphatic rings. The summed E-state index contributed by atoms with van der Waals surface area (Å²) in [6, 6.07) is 57.9. The lowest BCUT2D eigenvalue weighted by atomic mass is 9.97. The highest BCUT2D eigenvalue weighted by molar-refractivity contribution is 5.67. The van der Waals surface area contributed by atoms with Crippen LogP contribution in [0, 0.1) is 0 Å². The van der Waals surface area contributed by atoms with Crippen LogP contribution in [-0.4, -0.2) is 68.6 Å². The fourth-order valence-corrected chi connectivity index (χ4v) is 7.84. The van der Waals surface area contributed by atoms with Crippen molar-refractivity contribution in [3.63, 3.8) is 0 Å². The van der Waals surface area contributed by atoms with Gasteiger partial charge in [-0.25, -0.2) is 4.79 Å². The molecule has 1 amide bonds. The fourth-order valence-electron chi connectivity index (χ4n) is 7.84. The second-order valence-electron chi connectivity index (χ2n) is 16.4. The first-order valence-corrected chi connectivity index (χ1v) is 23.0. The number of carbonyl (C=O) groups is 1. The molecule has 0 N–H and O–H groups in total. The number of rotatable bonds is 26. The van der Waals surface area contributed by atoms with Crippen molar-refractivity contribution in [1.29, 1.82) is 0 Å². The third-order valence-electron chi connectivity index (χ3n) is 11.4. The first-order valence-electron chi connectivity index (χ1n) is 23.0. The number of carbonyl (C=O) groups excluding carboxylic acids is 1. The molecule has 6 aromatic carbocycles. The molecule has 1 saturated heterocycles. The second-order valence-corrected chi connectivity index (χ2v) is 16.4. The normalized spacial score (nSPS) is 18.1. The summed E-state index contributed by atoms with van der Waals surface area (Å²) in [5, 5.41) is 0. The minimum Gasteiger partial charge on any atom is -0.497 e. The zero-order valence-electron chi connectivity index (χ0n) is 37.9. The van der Waals surface area contributed by atoms with Gasteiger partial charge in [0.05, 0.1) is 40.1 Å². The zero-order valence-corrected chi connectivity index (χ0v) is 37.9. The monoisotopic (exact) mass is 893 g/mol. The van der Waals surface area contributed by atoms with Gasteiger partial charge in [-0.1, -0.05) is 177 Å². The van der Waals surface area contributed by atoms with E-state index in [4.69, 9.17) is 37.9 Å². The summed E-state index contributed by atoms with van der Waals surface area (Å²) in [7, 11) is 1.66. The Morgan fingerprint density at radius 1 is 0.485 bits per heavy atom. The summed E-state index contributed by atoms with van der Waals surface area (Å²) in [5.74, 6) is 0.773. The predicted molar refractivity (Wildman–Crippen MR) is 254 cm³/mol. The summed E-state index contributed by atoms with van der Waals surface area (Å²) in [5.41, 5.74) is 6.10. The lowest BCUT2D eigenvalue weighted by Gasteiger charge is -2.46. The minimum atomic E-state index is -0.776. The van der Waals surface area contributed by atoms with Crippen molar-refractivity contribution in [3.05, 3.63) is 209 Å². The van der Waals surface area contributed by atoms with E-state index in [1.165, 1.54) is 0 Å². The maximum absolute atomic E-state index is 13.3. The minimum absolute atomic E-state index is 0.231. The van der Waals surface area contributed by atoms with Crippen molar-refractivity contribution in [1.82, 2.24) is 4.90 Å². The third-order valence-corrected chi connectivity index (χ3v) is 11.4. The molecule has 346 valence electrons. The predicted octanol–water partition coefficient (Wildman–Crippen LogP) is 11.1. The number of methoxy groups -OCH3 is 1. The van der Waals surface area contributed by atoms with Gasteiger partial charge >= 0.3 is 6.09 Å². The summed E-state index contributed by atoms with van der Waals surface area (Å²) < 4.78 is 51.6. The molecule has 0 spiro atoms. The van der Waals surface area contributed by atoms with Gasteiger partial charge in [0, 0.05) is 19.7 Å². The molecule has 1 heterocycles. The molecule has 0 unspecified atom stereocenters. The number of amides is 1. The van der Waals surface area contributed by atoms with Gasteiger partial charge in [0.15, 0.2) is 6.29 Å². The van der Waals surface area contributed by atoms with Crippen LogP contribution >= 0.6 is 0 Å². The average molecular weight is 894 g/mol. The Kier molecular flexibility index (Phi) is 19.6. The number of ether oxygens (including phenoxy) is 8. The van der Waals surface area contributed by atoms with Gasteiger partial charge in [-0.15, -0.1) is 0 Å². The van der Waals surface area contributed by atoms with Gasteiger partial charge < -0.3 is 42.8 Å². The lowest BCUT2D eigenvalue weighted by Crippen LogP contribution is -2.61. The summed E-state index contributed by atoms with van der Waals surface area (Å²) >= 11 is 0. The smallest absolute Gasteiger partial charge is 0.410 e. The first kappa shape index (κ1) is 48.1. The number of hydrogen-bond donors (Lipinski definition) is 0. The van der Waals surface area contributed by atoms with Gasteiger partial charge in [-0.05, 0) is 58.4 Å². The van der Waals surface area contributed by atoms with Gasteiger partial charge in [-0.3, -0.25) is 0 Å². The molecule has 0 saturated carbocycles. The Labute approximate surface area is 390 Å². The number of unbranched alkanes of at least 4 members (excludes halogenated alkanes) is 3. The van der Waals surface area contributed by atoms with Crippen LogP contribution in [0.2, 0.25) is 0 Å². The molecular formula is C56H63NO9. The standard InChI is InChI=1S/C56H63NO9/c1-59-50-33-31-49(32-34-50)41-62-52-51(43-60-38-45-23-11-5-12-24-45)66-55(54(64-40-47-27-15-7-16-28-47)53(52)63-39-46-25-13-6-14-26-46)61-36-20-3-2-19-35-57(37-44-21-9-4-10-22-44)56(58)65-42-48-29-17-8-18-30-48/h4-18,21-34,51-55H,2-3,19-20,35-43H2,1H3/t51-,52+,53+,54-,55-/m1/s1. The van der Waals surface area contributed by atoms with Crippen LogP contribution in [-0.2, 0) is 72.7 Å². The van der Waals surface area contributed by atoms with Crippen LogP contribution in [0.25, 0.3) is 0 Å². The van der Waals surface area contributed by atoms with Gasteiger partial charge in [-0.2, -0.15) is 0 Å². The summed E-state index contributed by atoms with van der Waals surface area (Å²) in [6.45, 7) is 3.35. The Morgan fingerprint density at radius 3 is 1.52 bits per heavy atom. The highest BCUT2D eigenvalue weighted by Crippen LogP contribution is 2.32. The SMILES string of the molecule is COc1ccc(CO[C@@H]2[C@H](OCc3ccccc3)[C@@H](OCc3ccccc3)[C@H](OCCCCCCN(Cc3ccccc3)C(=O)OCc3ccccc3)O[C@@H]2COCc2ccccc2)cc1. The van der Waals surface area contributed by atoms with E-state index in [1.807, 2.05) is 164 Å². The van der Waals surface area contributed by atoms with Crippen LogP contribution in [0.15, 0.2) is 176 Å². The van der Waals surface area contributed by atoms with Crippen molar-refractivity contribution in [2.75, 3.05) is 26.9 Å². The van der Waals surface area contributed by atoms with E-state index in [1.54, 1.807) is 12.0 Å². The summed E-state index contributed by atoms with van der Waals surface area (Å²) in [6.07, 6.45) is -0.0597. The third kappa shape index (κ3) is 15.7. The highest BCUT2D eigenvalue weighted by atomic mass is 16.7. The Bertz CT molecular complexity index is 2220. The molecule has 0 radical (unpaired) electrons. The molecule has 6 aromatic rings. The van der Waals surface area contributed by atoms with Crippen LogP contribution in [0.1, 0.15) is 59.1 Å². The van der Waals surface area contributed by atoms with E-state index in [0.717, 1.165) is 64.8 Å². The van der Waals surface area contributed by atoms with E-state index in [2.05, 4.69) is 12.1 Å². The van der Waals surface area contributed by atoms with Gasteiger partial charge in [0.1, 0.15) is 36.8 Å². The number of benzene rings is 6. The van der Waals surface area contributed by atoms with E-state index in [0.29, 0.717) is 46.1 Å². The van der Waals surface area contributed by atoms with Crippen molar-refractivity contribution < 1.29 is 42.7 Å². The Morgan fingerprint density at radius 2 is 0.955 bits per heavy atom. The maximum Gasteiger partial charge on any atom is 0.410 e. The molecule has 0 bridgehead atoms. The average Bonchev–Trinajstić information content (AvgIpc) is 3.37. The van der Waals surface area contributed by atoms with E-state index < -0.39 is 30.7 Å². The van der Waals surface area contributed by atoms with Crippen LogP contribution < -0.4 is 4.74 Å². The molecule has 10 heteroatoms. The second kappa shape index (κ2) is 26.9. The van der Waals surface area contributed by atoms with E-state index >= 15 is 0 Å². The molecule has 0 aliphatic carbocycles. The molecule has 0 aromatic heterocycles. The fraction of sp³-hybridized carbons (Fsp3) is 0.339.